The van der Waals surface area contributed by atoms with Crippen LogP contribution in [0.2, 0.25) is 0 Å². The molecule has 0 radical (unpaired) electrons. The van der Waals surface area contributed by atoms with Gasteiger partial charge in [-0.25, -0.2) is 4.98 Å². The summed E-state index contributed by atoms with van der Waals surface area (Å²) in [6.07, 6.45) is 3.99. The molecule has 0 saturated carbocycles. The Morgan fingerprint density at radius 2 is 1.80 bits per heavy atom. The highest BCUT2D eigenvalue weighted by Gasteiger charge is 2.25. The molecule has 2 N–H and O–H groups in total. The first-order valence-electron chi connectivity index (χ1n) is 15.4. The second-order valence-corrected chi connectivity index (χ2v) is 13.1. The molecule has 0 unspecified atom stereocenters. The van der Waals surface area contributed by atoms with E-state index in [-0.39, 0.29) is 12.5 Å². The van der Waals surface area contributed by atoms with Crippen molar-refractivity contribution in [2.45, 2.75) is 58.7 Å². The maximum atomic E-state index is 13.6. The van der Waals surface area contributed by atoms with Crippen LogP contribution in [0.5, 0.6) is 0 Å². The van der Waals surface area contributed by atoms with Crippen molar-refractivity contribution in [1.82, 2.24) is 34.1 Å². The van der Waals surface area contributed by atoms with Crippen LogP contribution in [0, 0.1) is 13.8 Å². The molecular weight excluding hydrogens is 554 g/mol. The molecule has 5 rings (SSSR count). The zero-order valence-corrected chi connectivity index (χ0v) is 27.4. The van der Waals surface area contributed by atoms with Crippen molar-refractivity contribution in [3.63, 3.8) is 0 Å². The lowest BCUT2D eigenvalue weighted by atomic mass is 10.0. The van der Waals surface area contributed by atoms with Crippen LogP contribution in [0.15, 0.2) is 36.5 Å². The number of fused-ring (bicyclic) bond motifs is 1. The predicted octanol–water partition coefficient (Wildman–Crippen LogP) is 3.93. The van der Waals surface area contributed by atoms with Crippen LogP contribution in [0.3, 0.4) is 0 Å². The van der Waals surface area contributed by atoms with Crippen LogP contribution in [-0.2, 0) is 13.6 Å². The first kappa shape index (κ1) is 31.6. The van der Waals surface area contributed by atoms with Crippen LogP contribution < -0.4 is 10.2 Å². The van der Waals surface area contributed by atoms with E-state index in [0.29, 0.717) is 23.2 Å². The van der Waals surface area contributed by atoms with Gasteiger partial charge >= 0.3 is 0 Å². The monoisotopic (exact) mass is 601 g/mol. The summed E-state index contributed by atoms with van der Waals surface area (Å²) in [5.74, 6) is 0.116. The third-order valence-corrected chi connectivity index (χ3v) is 8.58. The zero-order valence-electron chi connectivity index (χ0n) is 27.4. The van der Waals surface area contributed by atoms with Gasteiger partial charge in [0.2, 0.25) is 5.95 Å². The molecule has 236 valence electrons. The Morgan fingerprint density at radius 3 is 2.43 bits per heavy atom. The fourth-order valence-electron chi connectivity index (χ4n) is 5.92. The minimum absolute atomic E-state index is 0.275. The Kier molecular flexibility index (Phi) is 9.10. The number of benzene rings is 1. The number of likely N-dealkylation sites (N-methyl/N-ethyl adjacent to an activating group) is 2. The molecule has 0 spiro atoms. The van der Waals surface area contributed by atoms with Crippen molar-refractivity contribution in [3.05, 3.63) is 53.5 Å². The number of aryl methyl sites for hydroxylation is 2. The quantitative estimate of drug-likeness (QED) is 0.282. The number of amides is 1. The average molecular weight is 602 g/mol. The molecule has 4 heterocycles. The Balaban J connectivity index is 1.39. The molecular formula is C33H47N9O2. The number of pyridine rings is 1. The number of rotatable bonds is 10. The summed E-state index contributed by atoms with van der Waals surface area (Å²) in [4.78, 5) is 30.2. The van der Waals surface area contributed by atoms with Gasteiger partial charge in [0.1, 0.15) is 0 Å². The van der Waals surface area contributed by atoms with Crippen molar-refractivity contribution in [2.24, 2.45) is 7.05 Å². The van der Waals surface area contributed by atoms with Crippen molar-refractivity contribution in [1.29, 1.82) is 0 Å². The van der Waals surface area contributed by atoms with Crippen LogP contribution >= 0.6 is 0 Å². The van der Waals surface area contributed by atoms with E-state index in [0.717, 1.165) is 72.7 Å². The van der Waals surface area contributed by atoms with Gasteiger partial charge in [0.25, 0.3) is 5.91 Å². The summed E-state index contributed by atoms with van der Waals surface area (Å²) in [7, 11) is 8.35. The summed E-state index contributed by atoms with van der Waals surface area (Å²) in [5.41, 5.74) is 5.53. The van der Waals surface area contributed by atoms with E-state index in [9.17, 15) is 9.90 Å². The Morgan fingerprint density at radius 1 is 1.07 bits per heavy atom. The summed E-state index contributed by atoms with van der Waals surface area (Å²) in [5, 5.41) is 18.2. The average Bonchev–Trinajstić information content (AvgIpc) is 3.48. The lowest BCUT2D eigenvalue weighted by Gasteiger charge is -2.38. The predicted molar refractivity (Wildman–Crippen MR) is 176 cm³/mol. The van der Waals surface area contributed by atoms with Crippen molar-refractivity contribution in [3.8, 4) is 11.3 Å². The Hall–Kier alpha value is -3.80. The smallest absolute Gasteiger partial charge is 0.258 e. The molecule has 11 nitrogen and oxygen atoms in total. The SMILES string of the molecule is Cc1cc(C(=O)Nc2nc3ccc(N4CCC(N(C)CCN(C)C)CC4)cc3n2CC(C)(C)O)cc(-c2cnn(C)c2C)n1. The highest BCUT2D eigenvalue weighted by molar-refractivity contribution is 6.05. The first-order valence-corrected chi connectivity index (χ1v) is 15.4. The summed E-state index contributed by atoms with van der Waals surface area (Å²) >= 11 is 0. The second kappa shape index (κ2) is 12.7. The van der Waals surface area contributed by atoms with Gasteiger partial charge in [-0.05, 0) is 92.0 Å². The maximum Gasteiger partial charge on any atom is 0.258 e. The first-order chi connectivity index (χ1) is 20.8. The number of anilines is 2. The highest BCUT2D eigenvalue weighted by atomic mass is 16.3. The molecule has 44 heavy (non-hydrogen) atoms. The van der Waals surface area contributed by atoms with Crippen molar-refractivity contribution >= 4 is 28.6 Å². The van der Waals surface area contributed by atoms with Crippen LogP contribution in [0.25, 0.3) is 22.3 Å². The van der Waals surface area contributed by atoms with Gasteiger partial charge in [0.15, 0.2) is 0 Å². The molecule has 4 aromatic rings. The number of hydrogen-bond donors (Lipinski definition) is 2. The topological polar surface area (TPSA) is 108 Å². The van der Waals surface area contributed by atoms with Gasteiger partial charge in [-0.3, -0.25) is 19.8 Å². The highest BCUT2D eigenvalue weighted by Crippen LogP contribution is 2.30. The lowest BCUT2D eigenvalue weighted by Crippen LogP contribution is -2.45. The molecule has 3 aromatic heterocycles. The molecule has 1 saturated heterocycles. The number of nitrogens with one attached hydrogen (secondary N) is 1. The molecule has 1 aromatic carbocycles. The van der Waals surface area contributed by atoms with Crippen molar-refractivity contribution < 1.29 is 9.90 Å². The molecule has 0 atom stereocenters. The third kappa shape index (κ3) is 7.11. The van der Waals surface area contributed by atoms with E-state index in [1.165, 1.54) is 0 Å². The second-order valence-electron chi connectivity index (χ2n) is 13.1. The van der Waals surface area contributed by atoms with E-state index < -0.39 is 5.60 Å². The minimum Gasteiger partial charge on any atom is -0.389 e. The van der Waals surface area contributed by atoms with E-state index in [2.05, 4.69) is 63.4 Å². The van der Waals surface area contributed by atoms with Gasteiger partial charge in [-0.2, -0.15) is 5.10 Å². The molecule has 1 fully saturated rings. The van der Waals surface area contributed by atoms with Crippen molar-refractivity contribution in [2.75, 3.05) is 57.5 Å². The van der Waals surface area contributed by atoms with E-state index in [4.69, 9.17) is 4.98 Å². The standard InChI is InChI=1S/C33H47N9O2/c1-22-17-24(18-29(35-22)27-20-34-40(8)23(27)2)31(43)37-32-36-28-10-9-26(19-30(28)42(32)21-33(3,4)44)41-13-11-25(12-14-41)39(7)16-15-38(5)6/h9-10,17-20,25,44H,11-16,21H2,1-8H3,(H,36,37,43). The zero-order chi connectivity index (χ0) is 31.8. The number of hydrogen-bond acceptors (Lipinski definition) is 8. The summed E-state index contributed by atoms with van der Waals surface area (Å²) in [6, 6.07) is 10.4. The third-order valence-electron chi connectivity index (χ3n) is 8.58. The number of aliphatic hydroxyl groups is 1. The number of carbonyl (C=O) groups excluding carboxylic acids is 1. The molecule has 1 aliphatic rings. The Labute approximate surface area is 260 Å². The van der Waals surface area contributed by atoms with Gasteiger partial charge in [0, 0.05) is 67.5 Å². The lowest BCUT2D eigenvalue weighted by molar-refractivity contribution is 0.0630. The number of aromatic nitrogens is 5. The summed E-state index contributed by atoms with van der Waals surface area (Å²) in [6.45, 7) is 11.7. The number of carbonyl (C=O) groups is 1. The largest absolute Gasteiger partial charge is 0.389 e. The fourth-order valence-corrected chi connectivity index (χ4v) is 5.92. The molecule has 1 amide bonds. The minimum atomic E-state index is -1.02. The van der Waals surface area contributed by atoms with Gasteiger partial charge in [-0.15, -0.1) is 0 Å². The molecule has 11 heteroatoms. The van der Waals surface area contributed by atoms with Gasteiger partial charge in [0.05, 0.1) is 35.1 Å². The van der Waals surface area contributed by atoms with Crippen LogP contribution in [0.1, 0.15) is 48.4 Å². The van der Waals surface area contributed by atoms with E-state index in [1.54, 1.807) is 36.9 Å². The molecule has 1 aliphatic heterocycles. The van der Waals surface area contributed by atoms with E-state index in [1.807, 2.05) is 31.5 Å². The van der Waals surface area contributed by atoms with Crippen LogP contribution in [-0.4, -0.2) is 104 Å². The van der Waals surface area contributed by atoms with Gasteiger partial charge in [-0.1, -0.05) is 0 Å². The number of piperidine rings is 1. The normalized spacial score (nSPS) is 14.8. The molecule has 0 aliphatic carbocycles. The molecule has 0 bridgehead atoms. The summed E-state index contributed by atoms with van der Waals surface area (Å²) < 4.78 is 3.71. The fraction of sp³-hybridized carbons (Fsp3) is 0.515. The number of nitrogens with zero attached hydrogens (tertiary/aromatic N) is 8. The van der Waals surface area contributed by atoms with Crippen LogP contribution in [0.4, 0.5) is 11.6 Å². The Bertz CT molecular complexity index is 1620. The van der Waals surface area contributed by atoms with E-state index >= 15 is 0 Å². The number of imidazole rings is 1. The maximum absolute atomic E-state index is 13.6. The van der Waals surface area contributed by atoms with Gasteiger partial charge < -0.3 is 24.4 Å².